The summed E-state index contributed by atoms with van der Waals surface area (Å²) in [6, 6.07) is 46.2. The third kappa shape index (κ3) is 6.74. The maximum absolute atomic E-state index is 13.5. The Balaban J connectivity index is 1.16. The summed E-state index contributed by atoms with van der Waals surface area (Å²) < 4.78 is 26.9. The fourth-order valence-corrected chi connectivity index (χ4v) is 6.19. The first-order valence-electron chi connectivity index (χ1n) is 14.3. The molecule has 0 aliphatic heterocycles. The Morgan fingerprint density at radius 2 is 0.778 bits per heavy atom. The second kappa shape index (κ2) is 12.8. The van der Waals surface area contributed by atoms with Gasteiger partial charge in [-0.25, -0.2) is 8.42 Å². The summed E-state index contributed by atoms with van der Waals surface area (Å²) in [6.07, 6.45) is 0. The maximum Gasteiger partial charge on any atom is 0.255 e. The number of rotatable bonds is 8. The Kier molecular flexibility index (Phi) is 8.35. The molecule has 0 saturated heterocycles. The second-order valence-corrected chi connectivity index (χ2v) is 12.3. The Hall–Kier alpha value is -5.79. The normalized spacial score (nSPS) is 11.0. The molecule has 0 atom stereocenters. The largest absolute Gasteiger partial charge is 0.322 e. The van der Waals surface area contributed by atoms with Gasteiger partial charge in [0.05, 0.1) is 9.79 Å². The highest BCUT2D eigenvalue weighted by Crippen LogP contribution is 2.29. The first-order chi connectivity index (χ1) is 21.9. The number of benzene rings is 6. The number of sulfone groups is 1. The topological polar surface area (TPSA) is 92.3 Å². The van der Waals surface area contributed by atoms with Crippen molar-refractivity contribution in [1.29, 1.82) is 0 Å². The molecule has 0 unspecified atom stereocenters. The van der Waals surface area contributed by atoms with Gasteiger partial charge in [0, 0.05) is 22.5 Å². The second-order valence-electron chi connectivity index (χ2n) is 10.4. The minimum absolute atomic E-state index is 0.179. The van der Waals surface area contributed by atoms with Crippen molar-refractivity contribution in [2.45, 2.75) is 9.79 Å². The van der Waals surface area contributed by atoms with Crippen LogP contribution in [-0.2, 0) is 9.84 Å². The quantitative estimate of drug-likeness (QED) is 0.182. The molecule has 0 spiro atoms. The van der Waals surface area contributed by atoms with E-state index in [0.29, 0.717) is 22.5 Å². The van der Waals surface area contributed by atoms with Crippen molar-refractivity contribution in [3.63, 3.8) is 0 Å². The lowest BCUT2D eigenvalue weighted by Gasteiger charge is -2.10. The highest BCUT2D eigenvalue weighted by atomic mass is 32.2. The third-order valence-corrected chi connectivity index (χ3v) is 9.09. The fraction of sp³-hybridized carbons (Fsp3) is 0. The van der Waals surface area contributed by atoms with Crippen LogP contribution in [0.1, 0.15) is 20.7 Å². The smallest absolute Gasteiger partial charge is 0.255 e. The van der Waals surface area contributed by atoms with E-state index in [1.807, 2.05) is 84.9 Å². The van der Waals surface area contributed by atoms with Crippen LogP contribution in [0.3, 0.4) is 0 Å². The Morgan fingerprint density at radius 1 is 0.400 bits per heavy atom. The first-order valence-corrected chi connectivity index (χ1v) is 15.7. The highest BCUT2D eigenvalue weighted by molar-refractivity contribution is 7.91. The summed E-state index contributed by atoms with van der Waals surface area (Å²) in [7, 11) is -3.76. The number of carbonyl (C=O) groups excluding carboxylic acids is 2. The SMILES string of the molecule is O=C(Nc1cccc(-c2ccc(S(=O)(=O)c3ccc(-c4cccc(NC(=O)c5ccccc5)c4)cc3)cc2)c1)c1ccccc1. The number of carbonyl (C=O) groups is 2. The fourth-order valence-electron chi connectivity index (χ4n) is 4.93. The molecule has 0 fully saturated rings. The van der Waals surface area contributed by atoms with Crippen LogP contribution in [-0.4, -0.2) is 20.2 Å². The molecule has 0 aromatic heterocycles. The van der Waals surface area contributed by atoms with Crippen LogP contribution in [0.5, 0.6) is 0 Å². The molecule has 0 heterocycles. The Labute approximate surface area is 261 Å². The standard InChI is InChI=1S/C38H28N2O4S/c41-37(29-9-3-1-4-10-29)39-33-15-7-13-31(25-33)27-17-21-35(22-18-27)45(43,44)36-23-19-28(20-24-36)32-14-8-16-34(26-32)40-38(42)30-11-5-2-6-12-30/h1-26H,(H,39,41)(H,40,42). The van der Waals surface area contributed by atoms with E-state index < -0.39 is 9.84 Å². The van der Waals surface area contributed by atoms with Gasteiger partial charge in [-0.3, -0.25) is 9.59 Å². The Bertz CT molecular complexity index is 1930. The van der Waals surface area contributed by atoms with E-state index in [1.165, 1.54) is 0 Å². The van der Waals surface area contributed by atoms with Crippen molar-refractivity contribution < 1.29 is 18.0 Å². The van der Waals surface area contributed by atoms with Crippen molar-refractivity contribution in [2.24, 2.45) is 0 Å². The van der Waals surface area contributed by atoms with Gasteiger partial charge in [-0.2, -0.15) is 0 Å². The molecule has 6 rings (SSSR count). The summed E-state index contributed by atoms with van der Waals surface area (Å²) in [5, 5.41) is 5.81. The van der Waals surface area contributed by atoms with E-state index in [1.54, 1.807) is 72.8 Å². The van der Waals surface area contributed by atoms with Crippen LogP contribution in [0.4, 0.5) is 11.4 Å². The van der Waals surface area contributed by atoms with E-state index in [-0.39, 0.29) is 21.6 Å². The van der Waals surface area contributed by atoms with Gasteiger partial charge in [0.15, 0.2) is 0 Å². The van der Waals surface area contributed by atoms with Crippen LogP contribution in [0.2, 0.25) is 0 Å². The summed E-state index contributed by atoms with van der Waals surface area (Å²) in [5.74, 6) is -0.412. The molecule has 6 aromatic rings. The van der Waals surface area contributed by atoms with Crippen molar-refractivity contribution in [2.75, 3.05) is 10.6 Å². The predicted octanol–water partition coefficient (Wildman–Crippen LogP) is 8.36. The molecular weight excluding hydrogens is 580 g/mol. The third-order valence-electron chi connectivity index (χ3n) is 7.31. The monoisotopic (exact) mass is 608 g/mol. The van der Waals surface area contributed by atoms with E-state index in [4.69, 9.17) is 0 Å². The number of anilines is 2. The van der Waals surface area contributed by atoms with E-state index in [0.717, 1.165) is 22.3 Å². The van der Waals surface area contributed by atoms with Gasteiger partial charge in [0.2, 0.25) is 9.84 Å². The Morgan fingerprint density at radius 3 is 1.16 bits per heavy atom. The van der Waals surface area contributed by atoms with Crippen molar-refractivity contribution >= 4 is 33.0 Å². The molecule has 0 radical (unpaired) electrons. The highest BCUT2D eigenvalue weighted by Gasteiger charge is 2.18. The molecule has 0 saturated carbocycles. The average Bonchev–Trinajstić information content (AvgIpc) is 3.09. The lowest BCUT2D eigenvalue weighted by Crippen LogP contribution is -2.11. The summed E-state index contributed by atoms with van der Waals surface area (Å²) in [6.45, 7) is 0. The molecule has 2 amide bonds. The maximum atomic E-state index is 13.5. The zero-order chi connectivity index (χ0) is 31.2. The molecule has 0 aliphatic rings. The molecule has 7 heteroatoms. The van der Waals surface area contributed by atoms with Gasteiger partial charge in [-0.05, 0) is 95.1 Å². The van der Waals surface area contributed by atoms with Gasteiger partial charge < -0.3 is 10.6 Å². The molecule has 0 aliphatic carbocycles. The van der Waals surface area contributed by atoms with Crippen molar-refractivity contribution in [3.05, 3.63) is 169 Å². The lowest BCUT2D eigenvalue weighted by molar-refractivity contribution is 0.101. The van der Waals surface area contributed by atoms with Crippen LogP contribution in [0, 0.1) is 0 Å². The molecule has 45 heavy (non-hydrogen) atoms. The van der Waals surface area contributed by atoms with Crippen LogP contribution in [0.25, 0.3) is 22.3 Å². The molecule has 6 aromatic carbocycles. The van der Waals surface area contributed by atoms with E-state index in [9.17, 15) is 18.0 Å². The molecule has 2 N–H and O–H groups in total. The zero-order valence-corrected chi connectivity index (χ0v) is 24.9. The number of nitrogens with one attached hydrogen (secondary N) is 2. The van der Waals surface area contributed by atoms with Gasteiger partial charge in [0.25, 0.3) is 11.8 Å². The van der Waals surface area contributed by atoms with Crippen molar-refractivity contribution in [3.8, 4) is 22.3 Å². The van der Waals surface area contributed by atoms with E-state index in [2.05, 4.69) is 10.6 Å². The zero-order valence-electron chi connectivity index (χ0n) is 24.1. The number of hydrogen-bond acceptors (Lipinski definition) is 4. The van der Waals surface area contributed by atoms with Crippen molar-refractivity contribution in [1.82, 2.24) is 0 Å². The molecule has 220 valence electrons. The molecule has 0 bridgehead atoms. The first kappa shape index (κ1) is 29.3. The van der Waals surface area contributed by atoms with E-state index >= 15 is 0 Å². The van der Waals surface area contributed by atoms with Gasteiger partial charge in [-0.1, -0.05) is 84.9 Å². The number of amides is 2. The minimum Gasteiger partial charge on any atom is -0.322 e. The van der Waals surface area contributed by atoms with Gasteiger partial charge in [0.1, 0.15) is 0 Å². The molecule has 6 nitrogen and oxygen atoms in total. The predicted molar refractivity (Wildman–Crippen MR) is 178 cm³/mol. The molecular formula is C38H28N2O4S. The van der Waals surface area contributed by atoms with Crippen LogP contribution in [0.15, 0.2) is 168 Å². The summed E-state index contributed by atoms with van der Waals surface area (Å²) in [5.41, 5.74) is 5.73. The summed E-state index contributed by atoms with van der Waals surface area (Å²) in [4.78, 5) is 25.5. The minimum atomic E-state index is -3.76. The van der Waals surface area contributed by atoms with Crippen LogP contribution >= 0.6 is 0 Å². The van der Waals surface area contributed by atoms with Crippen LogP contribution < -0.4 is 10.6 Å². The number of hydrogen-bond donors (Lipinski definition) is 2. The van der Waals surface area contributed by atoms with Gasteiger partial charge in [-0.15, -0.1) is 0 Å². The summed E-state index contributed by atoms with van der Waals surface area (Å²) >= 11 is 0. The average molecular weight is 609 g/mol. The lowest BCUT2D eigenvalue weighted by atomic mass is 10.1. The van der Waals surface area contributed by atoms with Gasteiger partial charge >= 0.3 is 0 Å².